The lowest BCUT2D eigenvalue weighted by Gasteiger charge is -2.04. The van der Waals surface area contributed by atoms with E-state index in [-0.39, 0.29) is 4.90 Å². The van der Waals surface area contributed by atoms with Gasteiger partial charge in [-0.05, 0) is 24.8 Å². The van der Waals surface area contributed by atoms with Crippen molar-refractivity contribution < 1.29 is 13.2 Å². The minimum Gasteiger partial charge on any atom is -0.351 e. The van der Waals surface area contributed by atoms with Gasteiger partial charge in [-0.1, -0.05) is 0 Å². The highest BCUT2D eigenvalue weighted by Crippen LogP contribution is 2.25. The first-order valence-electron chi connectivity index (χ1n) is 3.71. The van der Waals surface area contributed by atoms with Crippen LogP contribution < -0.4 is 10.5 Å². The highest BCUT2D eigenvalue weighted by Gasteiger charge is 2.21. The van der Waals surface area contributed by atoms with Crippen LogP contribution in [-0.4, -0.2) is 14.4 Å². The number of carbonyl (C=O) groups is 1. The van der Waals surface area contributed by atoms with Crippen LogP contribution in [-0.2, 0) is 10.0 Å². The fraction of sp³-hybridized carbons (Fsp3) is 0.286. The smallest absolute Gasteiger partial charge is 0.326 e. The second-order valence-electron chi connectivity index (χ2n) is 2.77. The molecule has 0 radical (unpaired) electrons. The lowest BCUT2D eigenvalue weighted by molar-refractivity contribution is 0.253. The molecule has 0 spiro atoms. The van der Waals surface area contributed by atoms with Gasteiger partial charge < -0.3 is 5.73 Å². The third kappa shape index (κ3) is 2.05. The lowest BCUT2D eigenvalue weighted by atomic mass is 10.3. The number of aryl methyl sites for hydroxylation is 2. The molecule has 0 saturated carbocycles. The number of carbonyl (C=O) groups excluding carboxylic acids is 1. The molecule has 7 heteroatoms. The van der Waals surface area contributed by atoms with Gasteiger partial charge in [-0.2, -0.15) is 0 Å². The third-order valence-electron chi connectivity index (χ3n) is 1.59. The second-order valence-corrected chi connectivity index (χ2v) is 5.48. The van der Waals surface area contributed by atoms with Gasteiger partial charge in [-0.25, -0.2) is 17.9 Å². The van der Waals surface area contributed by atoms with E-state index in [0.717, 1.165) is 0 Å². The molecule has 2 amide bonds. The molecule has 0 aliphatic rings. The first-order chi connectivity index (χ1) is 6.34. The Kier molecular flexibility index (Phi) is 2.81. The number of sulfonamides is 1. The number of hydrogen-bond acceptors (Lipinski definition) is 4. The Hall–Kier alpha value is -1.08. The molecule has 0 bridgehead atoms. The standard InChI is InChI=1S/C7H10N2O3S2/c1-4-3-13-5(2)6(4)14(11,12)9-7(8)10/h3H,1-2H3,(H3,8,9,10). The second kappa shape index (κ2) is 3.58. The van der Waals surface area contributed by atoms with Gasteiger partial charge >= 0.3 is 6.03 Å². The highest BCUT2D eigenvalue weighted by molar-refractivity contribution is 7.90. The maximum atomic E-state index is 11.5. The fourth-order valence-corrected chi connectivity index (χ4v) is 3.66. The van der Waals surface area contributed by atoms with E-state index in [1.54, 1.807) is 23.9 Å². The molecule has 0 fully saturated rings. The number of nitrogens with two attached hydrogens (primary N) is 1. The van der Waals surface area contributed by atoms with Crippen molar-refractivity contribution in [2.75, 3.05) is 0 Å². The molecule has 14 heavy (non-hydrogen) atoms. The quantitative estimate of drug-likeness (QED) is 0.790. The van der Waals surface area contributed by atoms with E-state index in [4.69, 9.17) is 5.73 Å². The lowest BCUT2D eigenvalue weighted by Crippen LogP contribution is -2.35. The highest BCUT2D eigenvalue weighted by atomic mass is 32.2. The zero-order valence-electron chi connectivity index (χ0n) is 7.70. The van der Waals surface area contributed by atoms with Crippen molar-refractivity contribution >= 4 is 27.4 Å². The minimum absolute atomic E-state index is 0.140. The first-order valence-corrected chi connectivity index (χ1v) is 6.08. The van der Waals surface area contributed by atoms with Crippen LogP contribution in [0.25, 0.3) is 0 Å². The Labute approximate surface area is 86.0 Å². The van der Waals surface area contributed by atoms with Crippen molar-refractivity contribution in [3.8, 4) is 0 Å². The summed E-state index contributed by atoms with van der Waals surface area (Å²) in [4.78, 5) is 11.2. The average Bonchev–Trinajstić information content (AvgIpc) is 2.27. The van der Waals surface area contributed by atoms with Crippen molar-refractivity contribution in [1.82, 2.24) is 4.72 Å². The monoisotopic (exact) mass is 234 g/mol. The van der Waals surface area contributed by atoms with Crippen LogP contribution in [0.3, 0.4) is 0 Å². The van der Waals surface area contributed by atoms with Gasteiger partial charge in [0.15, 0.2) is 0 Å². The van der Waals surface area contributed by atoms with Gasteiger partial charge in [0.05, 0.1) is 0 Å². The molecule has 0 saturated heterocycles. The summed E-state index contributed by atoms with van der Waals surface area (Å²) in [7, 11) is -3.79. The topological polar surface area (TPSA) is 89.3 Å². The number of amides is 2. The third-order valence-corrected chi connectivity index (χ3v) is 4.39. The van der Waals surface area contributed by atoms with E-state index in [1.165, 1.54) is 11.3 Å². The minimum atomic E-state index is -3.79. The molecule has 0 aromatic carbocycles. The van der Waals surface area contributed by atoms with Crippen LogP contribution in [0.5, 0.6) is 0 Å². The summed E-state index contributed by atoms with van der Waals surface area (Å²) in [6, 6.07) is -1.07. The summed E-state index contributed by atoms with van der Waals surface area (Å²) in [5.74, 6) is 0. The number of thiophene rings is 1. The number of nitrogens with one attached hydrogen (secondary N) is 1. The predicted molar refractivity (Wildman–Crippen MR) is 53.7 cm³/mol. The van der Waals surface area contributed by atoms with Gasteiger partial charge in [0, 0.05) is 4.88 Å². The molecule has 5 nitrogen and oxygen atoms in total. The van der Waals surface area contributed by atoms with E-state index in [2.05, 4.69) is 0 Å². The number of primary amides is 1. The van der Waals surface area contributed by atoms with E-state index >= 15 is 0 Å². The van der Waals surface area contributed by atoms with Crippen molar-refractivity contribution in [2.45, 2.75) is 18.7 Å². The summed E-state index contributed by atoms with van der Waals surface area (Å²) < 4.78 is 24.8. The number of urea groups is 1. The van der Waals surface area contributed by atoms with E-state index in [9.17, 15) is 13.2 Å². The molecule has 0 unspecified atom stereocenters. The van der Waals surface area contributed by atoms with Gasteiger partial charge in [-0.15, -0.1) is 11.3 Å². The summed E-state index contributed by atoms with van der Waals surface area (Å²) in [6.45, 7) is 3.34. The van der Waals surface area contributed by atoms with Crippen LogP contribution in [0.4, 0.5) is 4.79 Å². The zero-order chi connectivity index (χ0) is 10.9. The predicted octanol–water partition coefficient (Wildman–Crippen LogP) is 0.722. The van der Waals surface area contributed by atoms with E-state index < -0.39 is 16.1 Å². The number of hydrogen-bond donors (Lipinski definition) is 2. The normalized spacial score (nSPS) is 11.3. The average molecular weight is 234 g/mol. The molecule has 1 rings (SSSR count). The van der Waals surface area contributed by atoms with Crippen LogP contribution in [0, 0.1) is 13.8 Å². The molecule has 78 valence electrons. The Morgan fingerprint density at radius 1 is 1.50 bits per heavy atom. The Morgan fingerprint density at radius 3 is 2.43 bits per heavy atom. The summed E-state index contributed by atoms with van der Waals surface area (Å²) in [5, 5.41) is 1.71. The molecule has 0 atom stereocenters. The molecule has 1 aromatic heterocycles. The van der Waals surface area contributed by atoms with Gasteiger partial charge in [0.2, 0.25) is 0 Å². The largest absolute Gasteiger partial charge is 0.351 e. The Bertz CT molecular complexity index is 442. The molecule has 0 aliphatic heterocycles. The summed E-state index contributed by atoms with van der Waals surface area (Å²) in [6.07, 6.45) is 0. The molecule has 3 N–H and O–H groups in total. The van der Waals surface area contributed by atoms with Gasteiger partial charge in [0.25, 0.3) is 10.0 Å². The van der Waals surface area contributed by atoms with Crippen molar-refractivity contribution in [1.29, 1.82) is 0 Å². The Morgan fingerprint density at radius 2 is 2.07 bits per heavy atom. The molecule has 0 aliphatic carbocycles. The Balaban J connectivity index is 3.23. The molecular formula is C7H10N2O3S2. The van der Waals surface area contributed by atoms with Crippen LogP contribution in [0.15, 0.2) is 10.3 Å². The molecule has 1 aromatic rings. The van der Waals surface area contributed by atoms with E-state index in [0.29, 0.717) is 10.4 Å². The van der Waals surface area contributed by atoms with Gasteiger partial charge in [0.1, 0.15) is 4.90 Å². The molecular weight excluding hydrogens is 224 g/mol. The van der Waals surface area contributed by atoms with Crippen LogP contribution >= 0.6 is 11.3 Å². The van der Waals surface area contributed by atoms with Crippen LogP contribution in [0.2, 0.25) is 0 Å². The zero-order valence-corrected chi connectivity index (χ0v) is 9.33. The van der Waals surface area contributed by atoms with Crippen molar-refractivity contribution in [3.63, 3.8) is 0 Å². The van der Waals surface area contributed by atoms with Gasteiger partial charge in [-0.3, -0.25) is 0 Å². The maximum absolute atomic E-state index is 11.5. The van der Waals surface area contributed by atoms with Crippen molar-refractivity contribution in [3.05, 3.63) is 15.8 Å². The van der Waals surface area contributed by atoms with Crippen molar-refractivity contribution in [2.24, 2.45) is 5.73 Å². The first kappa shape index (κ1) is 11.0. The van der Waals surface area contributed by atoms with Crippen LogP contribution in [0.1, 0.15) is 10.4 Å². The SMILES string of the molecule is Cc1csc(C)c1S(=O)(=O)NC(N)=O. The summed E-state index contributed by atoms with van der Waals surface area (Å²) in [5.41, 5.74) is 5.37. The summed E-state index contributed by atoms with van der Waals surface area (Å²) >= 11 is 1.31. The van der Waals surface area contributed by atoms with E-state index in [1.807, 2.05) is 0 Å². The number of rotatable bonds is 2. The fourth-order valence-electron chi connectivity index (χ4n) is 1.15. The maximum Gasteiger partial charge on any atom is 0.326 e. The molecule has 1 heterocycles.